The summed E-state index contributed by atoms with van der Waals surface area (Å²) in [6.45, 7) is 4.46. The Hall–Kier alpha value is -3.88. The molecule has 0 bridgehead atoms. The van der Waals surface area contributed by atoms with Crippen molar-refractivity contribution < 1.29 is 32.9 Å². The number of likely N-dealkylation sites (N-methyl/N-ethyl adjacent to an activating group) is 1. The second-order valence-electron chi connectivity index (χ2n) is 21.3. The molecule has 0 rings (SSSR count). The molecule has 8 nitrogen and oxygen atoms in total. The van der Waals surface area contributed by atoms with E-state index in [1.807, 2.05) is 27.2 Å². The van der Waals surface area contributed by atoms with Gasteiger partial charge >= 0.3 is 0 Å². The zero-order valence-electron chi connectivity index (χ0n) is 50.3. The van der Waals surface area contributed by atoms with E-state index in [1.54, 1.807) is 6.08 Å². The second-order valence-corrected chi connectivity index (χ2v) is 22.7. The molecule has 0 fully saturated rings. The number of nitrogens with one attached hydrogen (secondary N) is 1. The van der Waals surface area contributed by atoms with Crippen LogP contribution in [0.3, 0.4) is 0 Å². The van der Waals surface area contributed by atoms with E-state index < -0.39 is 26.6 Å². The standard InChI is InChI=1S/C69H115N2O6P/c1-6-8-10-12-14-16-18-20-22-24-26-28-30-31-32-33-34-35-36-37-38-39-41-43-45-47-49-51-53-55-57-59-61-63-69(73)70-67(66-77-78(74,75)76-65-64-71(3,4)5)68(72)62-60-58-56-54-52-50-48-46-44-42-40-29-27-25-23-21-19-17-15-13-11-9-7-2/h8,10,14,16,20,22,26,28,31-32,34-35,37-38,41,43-44,46-47,49,52-55,60,62,67-68,72H,6-7,9,11-13,15,17-19,21,23-25,27,29-30,33,36,39-40,42,45,48,50-51,56-59,61,63-66H2,1-5H3,(H-,70,73,74,75)/b10-8-,16-14-,22-20-,28-26-,32-31-,35-34-,38-37-,43-41-,46-44+,49-47-,54-52+,55-53-,62-60+. The fourth-order valence-electron chi connectivity index (χ4n) is 7.92. The number of allylic oxidation sites excluding steroid dienone is 25. The van der Waals surface area contributed by atoms with E-state index in [-0.39, 0.29) is 18.9 Å². The van der Waals surface area contributed by atoms with E-state index in [0.29, 0.717) is 23.9 Å². The predicted octanol–water partition coefficient (Wildman–Crippen LogP) is 18.8. The maximum Gasteiger partial charge on any atom is 0.268 e. The lowest BCUT2D eigenvalue weighted by molar-refractivity contribution is -0.870. The molecule has 0 aliphatic heterocycles. The van der Waals surface area contributed by atoms with Crippen molar-refractivity contribution in [1.29, 1.82) is 0 Å². The summed E-state index contributed by atoms with van der Waals surface area (Å²) in [6.07, 6.45) is 90.5. The van der Waals surface area contributed by atoms with Gasteiger partial charge in [0.15, 0.2) is 0 Å². The van der Waals surface area contributed by atoms with E-state index in [0.717, 1.165) is 96.3 Å². The number of quaternary nitrogens is 1. The number of hydrogen-bond acceptors (Lipinski definition) is 6. The largest absolute Gasteiger partial charge is 0.756 e. The molecule has 0 aliphatic rings. The molecule has 0 heterocycles. The summed E-state index contributed by atoms with van der Waals surface area (Å²) in [7, 11) is 1.18. The molecule has 0 saturated carbocycles. The van der Waals surface area contributed by atoms with Crippen LogP contribution < -0.4 is 10.2 Å². The van der Waals surface area contributed by atoms with E-state index in [4.69, 9.17) is 9.05 Å². The van der Waals surface area contributed by atoms with Crippen LogP contribution >= 0.6 is 7.82 Å². The average Bonchev–Trinajstić information content (AvgIpc) is 3.41. The Morgan fingerprint density at radius 1 is 0.462 bits per heavy atom. The smallest absolute Gasteiger partial charge is 0.268 e. The Morgan fingerprint density at radius 2 is 0.795 bits per heavy atom. The van der Waals surface area contributed by atoms with Gasteiger partial charge in [-0.2, -0.15) is 0 Å². The summed E-state index contributed by atoms with van der Waals surface area (Å²) < 4.78 is 23.3. The molecule has 0 aliphatic carbocycles. The van der Waals surface area contributed by atoms with Gasteiger partial charge in [0.05, 0.1) is 39.9 Å². The number of phosphoric acid groups is 1. The van der Waals surface area contributed by atoms with E-state index in [9.17, 15) is 19.4 Å². The van der Waals surface area contributed by atoms with Gasteiger partial charge in [-0.25, -0.2) is 0 Å². The quantitative estimate of drug-likeness (QED) is 0.0272. The Kier molecular flexibility index (Phi) is 54.9. The molecule has 0 radical (unpaired) electrons. The van der Waals surface area contributed by atoms with E-state index in [2.05, 4.69) is 165 Å². The van der Waals surface area contributed by atoms with Gasteiger partial charge in [0, 0.05) is 6.42 Å². The topological polar surface area (TPSA) is 108 Å². The van der Waals surface area contributed by atoms with Crippen molar-refractivity contribution in [3.05, 3.63) is 158 Å². The predicted molar refractivity (Wildman–Crippen MR) is 338 cm³/mol. The van der Waals surface area contributed by atoms with Crippen molar-refractivity contribution in [1.82, 2.24) is 5.32 Å². The van der Waals surface area contributed by atoms with Crippen molar-refractivity contribution in [3.63, 3.8) is 0 Å². The van der Waals surface area contributed by atoms with Crippen LogP contribution in [0.1, 0.15) is 219 Å². The summed E-state index contributed by atoms with van der Waals surface area (Å²) in [5.41, 5.74) is 0. The maximum absolute atomic E-state index is 13.0. The average molecular weight is 1100 g/mol. The molecule has 0 spiro atoms. The van der Waals surface area contributed by atoms with Crippen molar-refractivity contribution in [2.24, 2.45) is 0 Å². The molecule has 3 unspecified atom stereocenters. The number of nitrogens with zero attached hydrogens (tertiary/aromatic N) is 1. The molecule has 0 aromatic carbocycles. The first-order valence-corrected chi connectivity index (χ1v) is 32.3. The van der Waals surface area contributed by atoms with Crippen molar-refractivity contribution in [3.8, 4) is 0 Å². The Bertz CT molecular complexity index is 1820. The highest BCUT2D eigenvalue weighted by Crippen LogP contribution is 2.38. The van der Waals surface area contributed by atoms with Crippen LogP contribution in [0, 0.1) is 0 Å². The van der Waals surface area contributed by atoms with Gasteiger partial charge in [-0.1, -0.05) is 249 Å². The van der Waals surface area contributed by atoms with Crippen LogP contribution in [-0.4, -0.2) is 68.5 Å². The van der Waals surface area contributed by atoms with E-state index >= 15 is 0 Å². The summed E-state index contributed by atoms with van der Waals surface area (Å²) in [4.78, 5) is 25.5. The highest BCUT2D eigenvalue weighted by Gasteiger charge is 2.23. The monoisotopic (exact) mass is 1100 g/mol. The van der Waals surface area contributed by atoms with Gasteiger partial charge < -0.3 is 28.8 Å². The number of aliphatic hydroxyl groups excluding tert-OH is 1. The molecule has 0 aromatic rings. The SMILES string of the molecule is CC/C=C\C/C=C\C/C=C\C/C=C\C/C=C\C/C=C\C/C=C\C/C=C\C/C=C\C/C=C\CCCCC(=O)NC(COP(=O)([O-])OCC[N+](C)(C)C)C(O)/C=C/CC/C=C/CC/C=C/CCCCCCCCCCCCCCC. The van der Waals surface area contributed by atoms with Gasteiger partial charge in [0.1, 0.15) is 13.2 Å². The summed E-state index contributed by atoms with van der Waals surface area (Å²) >= 11 is 0. The van der Waals surface area contributed by atoms with Crippen LogP contribution in [0.15, 0.2) is 158 Å². The first kappa shape index (κ1) is 74.1. The molecule has 9 heteroatoms. The normalized spacial score (nSPS) is 14.9. The van der Waals surface area contributed by atoms with Crippen molar-refractivity contribution in [2.75, 3.05) is 40.9 Å². The molecule has 0 aromatic heterocycles. The van der Waals surface area contributed by atoms with Crippen LogP contribution in [0.4, 0.5) is 0 Å². The van der Waals surface area contributed by atoms with Gasteiger partial charge in [-0.05, 0) is 122 Å². The molecule has 0 saturated heterocycles. The number of hydrogen-bond donors (Lipinski definition) is 2. The molecular formula is C69H115N2O6P. The van der Waals surface area contributed by atoms with Gasteiger partial charge in [-0.15, -0.1) is 0 Å². The fourth-order valence-corrected chi connectivity index (χ4v) is 8.64. The lowest BCUT2D eigenvalue weighted by atomic mass is 10.0. The van der Waals surface area contributed by atoms with Crippen LogP contribution in [0.2, 0.25) is 0 Å². The number of rotatable bonds is 54. The number of amides is 1. The highest BCUT2D eigenvalue weighted by atomic mass is 31.2. The third-order valence-corrected chi connectivity index (χ3v) is 13.7. The molecule has 3 atom stereocenters. The third kappa shape index (κ3) is 59.8. The lowest BCUT2D eigenvalue weighted by Gasteiger charge is -2.29. The minimum absolute atomic E-state index is 0.0269. The van der Waals surface area contributed by atoms with Crippen molar-refractivity contribution in [2.45, 2.75) is 231 Å². The maximum atomic E-state index is 13.0. The molecule has 2 N–H and O–H groups in total. The van der Waals surface area contributed by atoms with Gasteiger partial charge in [0.25, 0.3) is 7.82 Å². The van der Waals surface area contributed by atoms with Gasteiger partial charge in [-0.3, -0.25) is 9.36 Å². The Morgan fingerprint density at radius 3 is 1.19 bits per heavy atom. The molecule has 442 valence electrons. The minimum atomic E-state index is -4.64. The summed E-state index contributed by atoms with van der Waals surface area (Å²) in [6, 6.07) is -0.947. The zero-order valence-corrected chi connectivity index (χ0v) is 51.2. The van der Waals surface area contributed by atoms with Crippen LogP contribution in [0.25, 0.3) is 0 Å². The van der Waals surface area contributed by atoms with Crippen LogP contribution in [0.5, 0.6) is 0 Å². The number of phosphoric ester groups is 1. The lowest BCUT2D eigenvalue weighted by Crippen LogP contribution is -2.45. The highest BCUT2D eigenvalue weighted by molar-refractivity contribution is 7.45. The summed E-state index contributed by atoms with van der Waals surface area (Å²) in [5, 5.41) is 13.8. The second kappa shape index (κ2) is 57.8. The third-order valence-electron chi connectivity index (χ3n) is 12.7. The molecule has 78 heavy (non-hydrogen) atoms. The number of carbonyl (C=O) groups is 1. The minimum Gasteiger partial charge on any atom is -0.756 e. The van der Waals surface area contributed by atoms with Crippen LogP contribution in [-0.2, 0) is 18.4 Å². The first-order valence-electron chi connectivity index (χ1n) is 30.8. The Balaban J connectivity index is 4.39. The number of unbranched alkanes of at least 4 members (excludes halogenated alkanes) is 17. The number of aliphatic hydroxyl groups is 1. The first-order chi connectivity index (χ1) is 38.0. The van der Waals surface area contributed by atoms with Crippen molar-refractivity contribution >= 4 is 13.7 Å². The van der Waals surface area contributed by atoms with Gasteiger partial charge in [0.2, 0.25) is 5.91 Å². The summed E-state index contributed by atoms with van der Waals surface area (Å²) in [5.74, 6) is -0.260. The number of carbonyl (C=O) groups excluding carboxylic acids is 1. The Labute approximate surface area is 480 Å². The zero-order chi connectivity index (χ0) is 57.0. The molecular weight excluding hydrogens is 984 g/mol. The fraction of sp³-hybridized carbons (Fsp3) is 0.609. The molecule has 1 amide bonds. The van der Waals surface area contributed by atoms with E-state index in [1.165, 1.54) is 89.9 Å².